The zero-order valence-corrected chi connectivity index (χ0v) is 18.7. The first-order chi connectivity index (χ1) is 15.3. The largest absolute Gasteiger partial charge is 0.484 e. The molecule has 10 heteroatoms. The van der Waals surface area contributed by atoms with Gasteiger partial charge < -0.3 is 14.1 Å². The number of sulfonamides is 1. The lowest BCUT2D eigenvalue weighted by Crippen LogP contribution is -2.51. The van der Waals surface area contributed by atoms with E-state index in [1.807, 2.05) is 32.0 Å². The van der Waals surface area contributed by atoms with Crippen molar-refractivity contribution in [2.75, 3.05) is 32.8 Å². The van der Waals surface area contributed by atoms with E-state index in [0.29, 0.717) is 11.3 Å². The van der Waals surface area contributed by atoms with Gasteiger partial charge in [0.15, 0.2) is 12.2 Å². The number of carbonyl (C=O) groups is 1. The number of fused-ring (bicyclic) bond motifs is 1. The van der Waals surface area contributed by atoms with E-state index in [1.54, 1.807) is 23.1 Å². The summed E-state index contributed by atoms with van der Waals surface area (Å²) in [6.07, 6.45) is 0. The van der Waals surface area contributed by atoms with Gasteiger partial charge in [0.2, 0.25) is 10.0 Å². The summed E-state index contributed by atoms with van der Waals surface area (Å²) in [6.45, 7) is 4.51. The van der Waals surface area contributed by atoms with Gasteiger partial charge in [0.05, 0.1) is 10.4 Å². The van der Waals surface area contributed by atoms with Crippen LogP contribution in [0.5, 0.6) is 5.75 Å². The smallest absolute Gasteiger partial charge is 0.420 e. The molecular formula is C22H25N3O6S. The summed E-state index contributed by atoms with van der Waals surface area (Å²) in [5, 5.41) is 0. The number of hydrogen-bond donors (Lipinski definition) is 0. The number of hydrogen-bond acceptors (Lipinski definition) is 6. The van der Waals surface area contributed by atoms with Gasteiger partial charge in [-0.05, 0) is 38.1 Å². The highest BCUT2D eigenvalue weighted by Gasteiger charge is 2.31. The van der Waals surface area contributed by atoms with Crippen molar-refractivity contribution in [3.63, 3.8) is 0 Å². The summed E-state index contributed by atoms with van der Waals surface area (Å²) in [7, 11) is -3.79. The lowest BCUT2D eigenvalue weighted by Gasteiger charge is -2.33. The summed E-state index contributed by atoms with van der Waals surface area (Å²) in [4.78, 5) is 26.2. The number of nitrogens with zero attached hydrogens (tertiary/aromatic N) is 3. The van der Waals surface area contributed by atoms with Gasteiger partial charge in [0, 0.05) is 38.3 Å². The van der Waals surface area contributed by atoms with Gasteiger partial charge in [-0.25, -0.2) is 13.2 Å². The molecule has 3 aromatic rings. The molecule has 1 aromatic heterocycles. The minimum absolute atomic E-state index is 0.0573. The average molecular weight is 460 g/mol. The maximum Gasteiger partial charge on any atom is 0.420 e. The monoisotopic (exact) mass is 459 g/mol. The molecule has 1 aliphatic heterocycles. The summed E-state index contributed by atoms with van der Waals surface area (Å²) >= 11 is 0. The Bertz CT molecular complexity index is 1270. The van der Waals surface area contributed by atoms with Crippen molar-refractivity contribution in [2.24, 2.45) is 0 Å². The zero-order valence-electron chi connectivity index (χ0n) is 17.9. The number of ether oxygens (including phenoxy) is 1. The Balaban J connectivity index is 1.42. The minimum Gasteiger partial charge on any atom is -0.484 e. The predicted molar refractivity (Wildman–Crippen MR) is 118 cm³/mol. The van der Waals surface area contributed by atoms with E-state index in [1.165, 1.54) is 21.0 Å². The van der Waals surface area contributed by atoms with E-state index in [0.717, 1.165) is 0 Å². The molecule has 0 N–H and O–H groups in total. The Morgan fingerprint density at radius 3 is 2.41 bits per heavy atom. The first kappa shape index (κ1) is 22.1. The van der Waals surface area contributed by atoms with Crippen molar-refractivity contribution >= 4 is 27.0 Å². The van der Waals surface area contributed by atoms with Crippen molar-refractivity contribution in [1.29, 1.82) is 0 Å². The first-order valence-electron chi connectivity index (χ1n) is 10.4. The molecule has 32 heavy (non-hydrogen) atoms. The number of oxazole rings is 1. The second-order valence-corrected chi connectivity index (χ2v) is 9.79. The molecule has 0 radical (unpaired) electrons. The molecule has 1 saturated heterocycles. The molecule has 4 rings (SSSR count). The zero-order chi connectivity index (χ0) is 22.9. The van der Waals surface area contributed by atoms with Crippen LogP contribution >= 0.6 is 0 Å². The maximum atomic E-state index is 13.1. The second kappa shape index (κ2) is 8.79. The van der Waals surface area contributed by atoms with Crippen molar-refractivity contribution in [2.45, 2.75) is 24.8 Å². The Morgan fingerprint density at radius 2 is 1.75 bits per heavy atom. The Morgan fingerprint density at radius 1 is 1.06 bits per heavy atom. The number of benzene rings is 2. The molecule has 1 fully saturated rings. The molecule has 2 heterocycles. The third-order valence-electron chi connectivity index (χ3n) is 5.44. The average Bonchev–Trinajstić information content (AvgIpc) is 3.13. The van der Waals surface area contributed by atoms with E-state index in [4.69, 9.17) is 9.15 Å². The molecular weight excluding hydrogens is 434 g/mol. The normalized spacial score (nSPS) is 15.4. The van der Waals surface area contributed by atoms with Crippen LogP contribution in [0.25, 0.3) is 11.1 Å². The summed E-state index contributed by atoms with van der Waals surface area (Å²) in [6, 6.07) is 13.4. The molecule has 1 aliphatic rings. The number of para-hydroxylation sites is 1. The molecule has 1 amide bonds. The fraction of sp³-hybridized carbons (Fsp3) is 0.364. The summed E-state index contributed by atoms with van der Waals surface area (Å²) in [5.74, 6) is -0.103. The summed E-state index contributed by atoms with van der Waals surface area (Å²) in [5.41, 5.74) is 0.787. The van der Waals surface area contributed by atoms with Crippen molar-refractivity contribution in [1.82, 2.24) is 13.8 Å². The van der Waals surface area contributed by atoms with Gasteiger partial charge >= 0.3 is 5.76 Å². The second-order valence-electron chi connectivity index (χ2n) is 7.85. The van der Waals surface area contributed by atoms with E-state index < -0.39 is 15.8 Å². The molecule has 0 saturated carbocycles. The minimum atomic E-state index is -3.79. The van der Waals surface area contributed by atoms with E-state index >= 15 is 0 Å². The van der Waals surface area contributed by atoms with Gasteiger partial charge in [-0.1, -0.05) is 18.2 Å². The molecule has 0 bridgehead atoms. The standard InChI is InChI=1S/C22H25N3O6S/c1-16(2)25-19-9-8-18(14-20(19)31-22(25)27)32(28,29)24-12-10-23(11-13-24)21(26)15-30-17-6-4-3-5-7-17/h3-9,14,16H,10-13,15H2,1-2H3. The number of rotatable bonds is 6. The van der Waals surface area contributed by atoms with Gasteiger partial charge in [-0.2, -0.15) is 4.31 Å². The van der Waals surface area contributed by atoms with Crippen LogP contribution in [0.4, 0.5) is 0 Å². The quantitative estimate of drug-likeness (QED) is 0.559. The number of aromatic nitrogens is 1. The molecule has 170 valence electrons. The van der Waals surface area contributed by atoms with E-state index in [-0.39, 0.29) is 55.2 Å². The number of piperazine rings is 1. The number of carbonyl (C=O) groups excluding carboxylic acids is 1. The van der Waals surface area contributed by atoms with Crippen LogP contribution in [0.2, 0.25) is 0 Å². The molecule has 0 unspecified atom stereocenters. The summed E-state index contributed by atoms with van der Waals surface area (Å²) < 4.78 is 39.8. The van der Waals surface area contributed by atoms with Gasteiger partial charge in [0.1, 0.15) is 5.75 Å². The fourth-order valence-electron chi connectivity index (χ4n) is 3.75. The predicted octanol–water partition coefficient (Wildman–Crippen LogP) is 2.09. The molecule has 2 aromatic carbocycles. The number of amides is 1. The highest BCUT2D eigenvalue weighted by molar-refractivity contribution is 7.89. The van der Waals surface area contributed by atoms with Crippen LogP contribution in [-0.4, -0.2) is 60.9 Å². The third kappa shape index (κ3) is 4.28. The van der Waals surface area contributed by atoms with Crippen LogP contribution in [-0.2, 0) is 14.8 Å². The lowest BCUT2D eigenvalue weighted by molar-refractivity contribution is -0.134. The van der Waals surface area contributed by atoms with Crippen LogP contribution in [0.3, 0.4) is 0 Å². The van der Waals surface area contributed by atoms with Crippen molar-refractivity contribution in [3.8, 4) is 5.75 Å². The van der Waals surface area contributed by atoms with Crippen molar-refractivity contribution in [3.05, 3.63) is 59.1 Å². The Hall–Kier alpha value is -3.11. The van der Waals surface area contributed by atoms with E-state index in [2.05, 4.69) is 0 Å². The SMILES string of the molecule is CC(C)n1c(=O)oc2cc(S(=O)(=O)N3CCN(C(=O)COc4ccccc4)CC3)ccc21. The van der Waals surface area contributed by atoms with Gasteiger partial charge in [-0.3, -0.25) is 9.36 Å². The van der Waals surface area contributed by atoms with Crippen LogP contribution in [0.15, 0.2) is 62.6 Å². The van der Waals surface area contributed by atoms with E-state index in [9.17, 15) is 18.0 Å². The molecule has 9 nitrogen and oxygen atoms in total. The topological polar surface area (TPSA) is 102 Å². The lowest BCUT2D eigenvalue weighted by atomic mass is 10.3. The highest BCUT2D eigenvalue weighted by Crippen LogP contribution is 2.24. The maximum absolute atomic E-state index is 13.1. The molecule has 0 spiro atoms. The molecule has 0 aliphatic carbocycles. The van der Waals surface area contributed by atoms with Crippen LogP contribution in [0, 0.1) is 0 Å². The van der Waals surface area contributed by atoms with Crippen LogP contribution < -0.4 is 10.5 Å². The van der Waals surface area contributed by atoms with Gasteiger partial charge in [-0.15, -0.1) is 0 Å². The fourth-order valence-corrected chi connectivity index (χ4v) is 5.18. The van der Waals surface area contributed by atoms with Crippen LogP contribution in [0.1, 0.15) is 19.9 Å². The highest BCUT2D eigenvalue weighted by atomic mass is 32.2. The van der Waals surface area contributed by atoms with Gasteiger partial charge in [0.25, 0.3) is 5.91 Å². The first-order valence-corrected chi connectivity index (χ1v) is 11.8. The third-order valence-corrected chi connectivity index (χ3v) is 7.33. The Kier molecular flexibility index (Phi) is 6.07. The van der Waals surface area contributed by atoms with Crippen molar-refractivity contribution < 1.29 is 22.4 Å². The molecule has 0 atom stereocenters. The Labute approximate surface area is 185 Å².